The second-order valence-corrected chi connectivity index (χ2v) is 10.6. The van der Waals surface area contributed by atoms with E-state index < -0.39 is 0 Å². The molecule has 1 amide bonds. The van der Waals surface area contributed by atoms with E-state index in [0.29, 0.717) is 58.2 Å². The third kappa shape index (κ3) is 4.44. The van der Waals surface area contributed by atoms with Gasteiger partial charge in [-0.05, 0) is 50.2 Å². The van der Waals surface area contributed by atoms with Crippen molar-refractivity contribution in [2.24, 2.45) is 4.99 Å². The van der Waals surface area contributed by atoms with E-state index in [2.05, 4.69) is 51.1 Å². The number of hydrogen-bond acceptors (Lipinski definition) is 8. The smallest absolute Gasteiger partial charge is 0.270 e. The van der Waals surface area contributed by atoms with Crippen LogP contribution in [0.5, 0.6) is 0 Å². The molecule has 38 heavy (non-hydrogen) atoms. The average Bonchev–Trinajstić information content (AvgIpc) is 3.41. The van der Waals surface area contributed by atoms with Gasteiger partial charge in [-0.2, -0.15) is 4.98 Å². The van der Waals surface area contributed by atoms with Crippen LogP contribution in [-0.4, -0.2) is 72.0 Å². The number of rotatable bonds is 5. The molecule has 1 saturated heterocycles. The number of halogens is 2. The van der Waals surface area contributed by atoms with E-state index in [-0.39, 0.29) is 5.91 Å². The molecule has 2 aromatic carbocycles. The summed E-state index contributed by atoms with van der Waals surface area (Å²) in [5, 5.41) is 4.02. The molecule has 11 heteroatoms. The van der Waals surface area contributed by atoms with Crippen LogP contribution in [0, 0.1) is 0 Å². The fourth-order valence-electron chi connectivity index (χ4n) is 5.11. The summed E-state index contributed by atoms with van der Waals surface area (Å²) in [6.45, 7) is 9.78. The standard InChI is InChI=1S/C27H28Cl2N8O/c1-17(2)34-12-14-35(15-13-34)19-8-6-18(7-9-19)32-26-31-16-20-24(33-26)36-11-10-30-27(36)37(25(20)38)23-21(28)4-3-5-22(23)29/h3-9,16-17H,10-15H2,1-2H3,(H,31,32,33). The number of para-hydroxylation sites is 1. The fraction of sp³-hybridized carbons (Fsp3) is 0.333. The van der Waals surface area contributed by atoms with Gasteiger partial charge in [0.1, 0.15) is 5.56 Å². The second-order valence-electron chi connectivity index (χ2n) is 9.76. The monoisotopic (exact) mass is 550 g/mol. The van der Waals surface area contributed by atoms with Crippen molar-refractivity contribution in [2.75, 3.05) is 59.3 Å². The summed E-state index contributed by atoms with van der Waals surface area (Å²) in [4.78, 5) is 35.6. The number of nitrogens with zero attached hydrogens (tertiary/aromatic N) is 7. The van der Waals surface area contributed by atoms with Gasteiger partial charge in [0.15, 0.2) is 5.82 Å². The molecule has 0 spiro atoms. The Morgan fingerprint density at radius 2 is 1.66 bits per heavy atom. The van der Waals surface area contributed by atoms with Crippen molar-refractivity contribution >= 4 is 63.9 Å². The summed E-state index contributed by atoms with van der Waals surface area (Å²) in [6, 6.07) is 14.0. The van der Waals surface area contributed by atoms with Gasteiger partial charge in [-0.3, -0.25) is 19.6 Å². The van der Waals surface area contributed by atoms with Gasteiger partial charge >= 0.3 is 0 Å². The first-order chi connectivity index (χ1) is 18.4. The minimum atomic E-state index is -0.319. The van der Waals surface area contributed by atoms with Gasteiger partial charge in [-0.1, -0.05) is 29.3 Å². The first-order valence-electron chi connectivity index (χ1n) is 12.7. The number of anilines is 5. The van der Waals surface area contributed by atoms with Crippen molar-refractivity contribution in [3.8, 4) is 0 Å². The molecule has 1 N–H and O–H groups in total. The number of amides is 1. The van der Waals surface area contributed by atoms with E-state index in [1.165, 1.54) is 10.6 Å². The molecule has 0 bridgehead atoms. The van der Waals surface area contributed by atoms with Crippen molar-refractivity contribution in [1.82, 2.24) is 14.9 Å². The number of nitrogens with one attached hydrogen (secondary N) is 1. The normalized spacial score (nSPS) is 17.6. The zero-order valence-electron chi connectivity index (χ0n) is 21.2. The SMILES string of the molecule is CC(C)N1CCN(c2ccc(Nc3ncc4c(n3)N3CCN=C3N(c3c(Cl)cccc3Cl)C4=O)cc2)CC1. The first kappa shape index (κ1) is 24.9. The Bertz CT molecular complexity index is 1380. The Hall–Kier alpha value is -3.40. The highest BCUT2D eigenvalue weighted by Crippen LogP contribution is 2.39. The zero-order valence-corrected chi connectivity index (χ0v) is 22.7. The highest BCUT2D eigenvalue weighted by molar-refractivity contribution is 6.43. The minimum Gasteiger partial charge on any atom is -0.369 e. The highest BCUT2D eigenvalue weighted by Gasteiger charge is 2.41. The van der Waals surface area contributed by atoms with Crippen LogP contribution in [0.25, 0.3) is 0 Å². The van der Waals surface area contributed by atoms with Gasteiger partial charge in [-0.25, -0.2) is 9.88 Å². The van der Waals surface area contributed by atoms with E-state index >= 15 is 0 Å². The Labute approximate surface area is 231 Å². The van der Waals surface area contributed by atoms with Crippen LogP contribution in [-0.2, 0) is 0 Å². The summed E-state index contributed by atoms with van der Waals surface area (Å²) < 4.78 is 0. The molecule has 0 atom stereocenters. The molecular formula is C27H28Cl2N8O. The molecule has 0 saturated carbocycles. The maximum atomic E-state index is 13.6. The summed E-state index contributed by atoms with van der Waals surface area (Å²) in [5.41, 5.74) is 2.84. The lowest BCUT2D eigenvalue weighted by Crippen LogP contribution is -2.51. The van der Waals surface area contributed by atoms with Crippen LogP contribution in [0.4, 0.5) is 28.8 Å². The van der Waals surface area contributed by atoms with E-state index in [0.717, 1.165) is 31.9 Å². The lowest BCUT2D eigenvalue weighted by molar-refractivity contribution is 0.1000. The lowest BCUT2D eigenvalue weighted by atomic mass is 10.1. The topological polar surface area (TPSA) is 80.2 Å². The third-order valence-electron chi connectivity index (χ3n) is 7.17. The maximum absolute atomic E-state index is 13.6. The summed E-state index contributed by atoms with van der Waals surface area (Å²) in [7, 11) is 0. The van der Waals surface area contributed by atoms with E-state index in [1.807, 2.05) is 17.0 Å². The number of carbonyl (C=O) groups is 1. The summed E-state index contributed by atoms with van der Waals surface area (Å²) in [6.07, 6.45) is 1.54. The Kier molecular flexibility index (Phi) is 6.59. The largest absolute Gasteiger partial charge is 0.369 e. The minimum absolute atomic E-state index is 0.319. The quantitative estimate of drug-likeness (QED) is 0.484. The van der Waals surface area contributed by atoms with Gasteiger partial charge in [0.25, 0.3) is 5.91 Å². The molecule has 1 fully saturated rings. The van der Waals surface area contributed by atoms with Crippen LogP contribution < -0.4 is 20.0 Å². The highest BCUT2D eigenvalue weighted by atomic mass is 35.5. The molecule has 3 aliphatic heterocycles. The van der Waals surface area contributed by atoms with Crippen LogP contribution in [0.1, 0.15) is 24.2 Å². The first-order valence-corrected chi connectivity index (χ1v) is 13.5. The van der Waals surface area contributed by atoms with Crippen molar-refractivity contribution < 1.29 is 4.79 Å². The van der Waals surface area contributed by atoms with E-state index in [9.17, 15) is 4.79 Å². The average molecular weight is 551 g/mol. The zero-order chi connectivity index (χ0) is 26.4. The number of aromatic nitrogens is 2. The summed E-state index contributed by atoms with van der Waals surface area (Å²) >= 11 is 12.9. The molecule has 6 rings (SSSR count). The lowest BCUT2D eigenvalue weighted by Gasteiger charge is -2.38. The molecule has 4 heterocycles. The van der Waals surface area contributed by atoms with Crippen molar-refractivity contribution in [3.05, 3.63) is 64.3 Å². The molecule has 9 nitrogen and oxygen atoms in total. The van der Waals surface area contributed by atoms with Crippen LogP contribution in [0.15, 0.2) is 53.7 Å². The fourth-order valence-corrected chi connectivity index (χ4v) is 5.68. The van der Waals surface area contributed by atoms with Gasteiger partial charge < -0.3 is 10.2 Å². The van der Waals surface area contributed by atoms with Crippen LogP contribution >= 0.6 is 23.2 Å². The van der Waals surface area contributed by atoms with Crippen LogP contribution in [0.3, 0.4) is 0 Å². The number of benzene rings is 2. The van der Waals surface area contributed by atoms with Crippen LogP contribution in [0.2, 0.25) is 10.0 Å². The predicted octanol–water partition coefficient (Wildman–Crippen LogP) is 4.89. The van der Waals surface area contributed by atoms with Gasteiger partial charge in [0.05, 0.1) is 22.3 Å². The number of hydrogen-bond donors (Lipinski definition) is 1. The third-order valence-corrected chi connectivity index (χ3v) is 7.78. The molecule has 0 aliphatic carbocycles. The number of fused-ring (bicyclic) bond motifs is 3. The molecule has 0 unspecified atom stereocenters. The Morgan fingerprint density at radius 3 is 2.34 bits per heavy atom. The molecule has 0 radical (unpaired) electrons. The van der Waals surface area contributed by atoms with Gasteiger partial charge in [0.2, 0.25) is 11.9 Å². The number of carbonyl (C=O) groups excluding carboxylic acids is 1. The van der Waals surface area contributed by atoms with Gasteiger partial charge in [-0.15, -0.1) is 0 Å². The Balaban J connectivity index is 1.22. The van der Waals surface area contributed by atoms with Crippen molar-refractivity contribution in [2.45, 2.75) is 19.9 Å². The van der Waals surface area contributed by atoms with Crippen molar-refractivity contribution in [3.63, 3.8) is 0 Å². The second kappa shape index (κ2) is 10.1. The summed E-state index contributed by atoms with van der Waals surface area (Å²) in [5.74, 6) is 1.07. The molecule has 3 aromatic rings. The molecule has 196 valence electrons. The Morgan fingerprint density at radius 1 is 0.947 bits per heavy atom. The molecule has 3 aliphatic rings. The number of guanidine groups is 1. The van der Waals surface area contributed by atoms with E-state index in [1.54, 1.807) is 24.4 Å². The maximum Gasteiger partial charge on any atom is 0.270 e. The molecular weight excluding hydrogens is 523 g/mol. The number of aliphatic imine (C=N–C) groups is 1. The van der Waals surface area contributed by atoms with Gasteiger partial charge in [0, 0.05) is 56.3 Å². The molecule has 1 aromatic heterocycles. The van der Waals surface area contributed by atoms with E-state index in [4.69, 9.17) is 28.2 Å². The predicted molar refractivity (Wildman–Crippen MR) is 154 cm³/mol. The van der Waals surface area contributed by atoms with Crippen molar-refractivity contribution in [1.29, 1.82) is 0 Å². The number of piperazine rings is 1.